The van der Waals surface area contributed by atoms with Gasteiger partial charge in [-0.25, -0.2) is 9.97 Å². The van der Waals surface area contributed by atoms with Gasteiger partial charge in [-0.05, 0) is 30.7 Å². The van der Waals surface area contributed by atoms with Gasteiger partial charge >= 0.3 is 0 Å². The summed E-state index contributed by atoms with van der Waals surface area (Å²) >= 11 is 0. The molecule has 0 unspecified atom stereocenters. The van der Waals surface area contributed by atoms with Crippen LogP contribution in [-0.2, 0) is 0 Å². The van der Waals surface area contributed by atoms with E-state index < -0.39 is 5.78 Å². The molecule has 7 nitrogen and oxygen atoms in total. The van der Waals surface area contributed by atoms with E-state index >= 15 is 0 Å². The monoisotopic (exact) mass is 382 g/mol. The molecule has 29 heavy (non-hydrogen) atoms. The topological polar surface area (TPSA) is 119 Å². The molecule has 0 atom stereocenters. The summed E-state index contributed by atoms with van der Waals surface area (Å²) in [5, 5.41) is 1.83. The highest BCUT2D eigenvalue weighted by Crippen LogP contribution is 2.35. The second-order valence-corrected chi connectivity index (χ2v) is 6.89. The number of Topliss-reactive ketones (excluding diaryl/α,β-unsaturated/α-hetero) is 1. The lowest BCUT2D eigenvalue weighted by molar-refractivity contribution is 0.0979. The maximum Gasteiger partial charge on any atom is 0.227 e. The minimum Gasteiger partial charge on any atom is -0.395 e. The number of carbonyl (C=O) groups excluding carboxylic acids is 3. The fourth-order valence-corrected chi connectivity index (χ4v) is 3.78. The van der Waals surface area contributed by atoms with Crippen molar-refractivity contribution in [2.75, 3.05) is 0 Å². The SMILES string of the molecule is Cc1c(C=O)nc(-c2ccc3c(n2)C(=O)C(N)=CC3=O)c2[nH]c3ccccc3c12. The number of rotatable bonds is 2. The van der Waals surface area contributed by atoms with Crippen LogP contribution in [-0.4, -0.2) is 32.8 Å². The molecule has 0 aliphatic heterocycles. The highest BCUT2D eigenvalue weighted by molar-refractivity contribution is 6.23. The van der Waals surface area contributed by atoms with Crippen molar-refractivity contribution in [2.45, 2.75) is 6.92 Å². The second kappa shape index (κ2) is 5.93. The first-order chi connectivity index (χ1) is 14.0. The number of fused-ring (bicyclic) bond motifs is 4. The molecule has 7 heteroatoms. The Kier molecular flexibility index (Phi) is 3.48. The number of aromatic amines is 1. The van der Waals surface area contributed by atoms with Gasteiger partial charge in [-0.2, -0.15) is 0 Å². The summed E-state index contributed by atoms with van der Waals surface area (Å²) in [4.78, 5) is 48.5. The smallest absolute Gasteiger partial charge is 0.227 e. The molecule has 0 fully saturated rings. The Morgan fingerprint density at radius 2 is 1.83 bits per heavy atom. The van der Waals surface area contributed by atoms with Crippen LogP contribution in [0.15, 0.2) is 48.2 Å². The number of carbonyl (C=O) groups is 3. The summed E-state index contributed by atoms with van der Waals surface area (Å²) in [5.41, 5.74) is 9.16. The molecule has 1 aliphatic rings. The first kappa shape index (κ1) is 17.0. The number of benzene rings is 1. The summed E-state index contributed by atoms with van der Waals surface area (Å²) in [6.45, 7) is 1.84. The summed E-state index contributed by atoms with van der Waals surface area (Å²) in [6.07, 6.45) is 1.81. The molecule has 3 heterocycles. The third kappa shape index (κ3) is 2.34. The molecule has 140 valence electrons. The lowest BCUT2D eigenvalue weighted by Gasteiger charge is -2.13. The van der Waals surface area contributed by atoms with Crippen molar-refractivity contribution in [2.24, 2.45) is 5.73 Å². The third-order valence-corrected chi connectivity index (χ3v) is 5.21. The fourth-order valence-electron chi connectivity index (χ4n) is 3.78. The number of aldehydes is 1. The van der Waals surface area contributed by atoms with Gasteiger partial charge in [0, 0.05) is 22.4 Å². The number of aromatic nitrogens is 3. The Morgan fingerprint density at radius 1 is 1.03 bits per heavy atom. The Labute approximate surface area is 164 Å². The van der Waals surface area contributed by atoms with E-state index in [1.54, 1.807) is 6.07 Å². The number of nitrogens with one attached hydrogen (secondary N) is 1. The number of H-pyrrole nitrogens is 1. The van der Waals surface area contributed by atoms with Crippen LogP contribution in [0.2, 0.25) is 0 Å². The summed E-state index contributed by atoms with van der Waals surface area (Å²) in [5.74, 6) is -0.866. The van der Waals surface area contributed by atoms with E-state index in [0.29, 0.717) is 28.9 Å². The number of allylic oxidation sites excluding steroid dienone is 2. The molecule has 3 aromatic heterocycles. The number of ketones is 2. The van der Waals surface area contributed by atoms with Crippen molar-refractivity contribution in [3.63, 3.8) is 0 Å². The molecule has 0 saturated carbocycles. The number of para-hydroxylation sites is 1. The van der Waals surface area contributed by atoms with Crippen LogP contribution in [0.4, 0.5) is 0 Å². The zero-order valence-corrected chi connectivity index (χ0v) is 15.3. The van der Waals surface area contributed by atoms with E-state index in [0.717, 1.165) is 27.9 Å². The number of pyridine rings is 2. The van der Waals surface area contributed by atoms with Crippen LogP contribution >= 0.6 is 0 Å². The number of nitrogens with zero attached hydrogens (tertiary/aromatic N) is 2. The summed E-state index contributed by atoms with van der Waals surface area (Å²) in [6, 6.07) is 10.9. The van der Waals surface area contributed by atoms with E-state index in [1.807, 2.05) is 31.2 Å². The normalized spacial score (nSPS) is 13.6. The number of hydrogen-bond donors (Lipinski definition) is 2. The molecular formula is C22H14N4O3. The molecular weight excluding hydrogens is 368 g/mol. The highest BCUT2D eigenvalue weighted by Gasteiger charge is 2.27. The first-order valence-electron chi connectivity index (χ1n) is 8.93. The zero-order valence-electron chi connectivity index (χ0n) is 15.3. The molecule has 0 saturated heterocycles. The first-order valence-corrected chi connectivity index (χ1v) is 8.93. The Bertz CT molecular complexity index is 1430. The Hall–Kier alpha value is -4.13. The van der Waals surface area contributed by atoms with E-state index in [4.69, 9.17) is 5.73 Å². The molecule has 5 rings (SSSR count). The van der Waals surface area contributed by atoms with Crippen molar-refractivity contribution >= 4 is 39.7 Å². The van der Waals surface area contributed by atoms with E-state index in [-0.39, 0.29) is 22.7 Å². The van der Waals surface area contributed by atoms with Gasteiger partial charge < -0.3 is 10.7 Å². The average Bonchev–Trinajstić information content (AvgIpc) is 3.12. The largest absolute Gasteiger partial charge is 0.395 e. The quantitative estimate of drug-likeness (QED) is 0.514. The van der Waals surface area contributed by atoms with E-state index in [1.165, 1.54) is 6.07 Å². The van der Waals surface area contributed by atoms with Crippen LogP contribution in [0.3, 0.4) is 0 Å². The lowest BCUT2D eigenvalue weighted by Crippen LogP contribution is -2.23. The van der Waals surface area contributed by atoms with Crippen LogP contribution in [0.5, 0.6) is 0 Å². The van der Waals surface area contributed by atoms with E-state index in [9.17, 15) is 14.4 Å². The van der Waals surface area contributed by atoms with Gasteiger partial charge in [0.1, 0.15) is 17.1 Å². The molecule has 4 aromatic rings. The van der Waals surface area contributed by atoms with Crippen LogP contribution in [0.25, 0.3) is 33.2 Å². The van der Waals surface area contributed by atoms with Crippen molar-refractivity contribution in [1.29, 1.82) is 0 Å². The van der Waals surface area contributed by atoms with Gasteiger partial charge in [0.2, 0.25) is 5.78 Å². The van der Waals surface area contributed by atoms with Gasteiger partial charge in [0.25, 0.3) is 0 Å². The van der Waals surface area contributed by atoms with Crippen molar-refractivity contribution in [3.8, 4) is 11.4 Å². The third-order valence-electron chi connectivity index (χ3n) is 5.21. The standard InChI is InChI=1S/C22H14N4O3/c1-10-16(9-27)26-20(21-18(10)11-4-2-3-5-14(11)24-21)15-7-6-12-17(28)8-13(23)22(29)19(12)25-15/h2-9,24H,23H2,1H3. The van der Waals surface area contributed by atoms with Gasteiger partial charge in [-0.15, -0.1) is 0 Å². The molecule has 0 amide bonds. The van der Waals surface area contributed by atoms with Crippen LogP contribution in [0, 0.1) is 6.92 Å². The average molecular weight is 382 g/mol. The molecule has 1 aliphatic carbocycles. The summed E-state index contributed by atoms with van der Waals surface area (Å²) < 4.78 is 0. The minimum absolute atomic E-state index is 0.00760. The predicted octanol–water partition coefficient (Wildman–Crippen LogP) is 3.12. The maximum absolute atomic E-state index is 12.4. The van der Waals surface area contributed by atoms with E-state index in [2.05, 4.69) is 15.0 Å². The minimum atomic E-state index is -0.503. The van der Waals surface area contributed by atoms with Gasteiger partial charge in [0.05, 0.1) is 22.5 Å². The molecule has 3 N–H and O–H groups in total. The summed E-state index contributed by atoms with van der Waals surface area (Å²) in [7, 11) is 0. The lowest BCUT2D eigenvalue weighted by atomic mass is 9.96. The molecule has 0 bridgehead atoms. The van der Waals surface area contributed by atoms with Crippen LogP contribution in [0.1, 0.15) is 36.9 Å². The van der Waals surface area contributed by atoms with Crippen LogP contribution < -0.4 is 5.73 Å². The number of aryl methyl sites for hydroxylation is 1. The Morgan fingerprint density at radius 3 is 2.62 bits per heavy atom. The number of hydrogen-bond acceptors (Lipinski definition) is 6. The fraction of sp³-hybridized carbons (Fsp3) is 0.0455. The van der Waals surface area contributed by atoms with Gasteiger partial charge in [0.15, 0.2) is 12.1 Å². The Balaban J connectivity index is 1.85. The van der Waals surface area contributed by atoms with Gasteiger partial charge in [-0.1, -0.05) is 18.2 Å². The molecule has 1 aromatic carbocycles. The second-order valence-electron chi connectivity index (χ2n) is 6.89. The molecule has 0 radical (unpaired) electrons. The van der Waals surface area contributed by atoms with Crippen molar-refractivity contribution in [3.05, 3.63) is 70.7 Å². The van der Waals surface area contributed by atoms with Gasteiger partial charge in [-0.3, -0.25) is 14.4 Å². The maximum atomic E-state index is 12.4. The van der Waals surface area contributed by atoms with Crippen molar-refractivity contribution < 1.29 is 14.4 Å². The predicted molar refractivity (Wildman–Crippen MR) is 108 cm³/mol. The van der Waals surface area contributed by atoms with Crippen molar-refractivity contribution in [1.82, 2.24) is 15.0 Å². The molecule has 0 spiro atoms. The number of nitrogens with two attached hydrogens (primary N) is 1. The zero-order chi connectivity index (χ0) is 20.3. The highest BCUT2D eigenvalue weighted by atomic mass is 16.1.